The standard InChI is InChI=1S/C70H132O17P2/c1-8-11-12-13-14-15-16-17-18-19-22-25-28-37-44-51-67(72)80-57-65(86-69(74)53-46-39-29-26-23-20-21-24-27-34-41-48-61(4)5)59-84-88(76,77)82-55-64(71)56-83-89(78,79)85-60-66(87-70(75)54-47-40-33-31-36-43-50-63(7)10-3)58-81-68(73)52-45-38-32-30-35-42-49-62(6)9-2/h15-18,61-66,71H,8-14,19-60H2,1-7H3,(H,76,77)(H,78,79)/b16-15-,18-17-/t62?,63?,64-,65-,66-/m1/s1. The summed E-state index contributed by atoms with van der Waals surface area (Å²) >= 11 is 0. The van der Waals surface area contributed by atoms with Gasteiger partial charge in [-0.15, -0.1) is 0 Å². The lowest BCUT2D eigenvalue weighted by Crippen LogP contribution is -2.30. The summed E-state index contributed by atoms with van der Waals surface area (Å²) in [5.74, 6) is 0.0492. The minimum Gasteiger partial charge on any atom is -0.462 e. The molecule has 0 radical (unpaired) electrons. The van der Waals surface area contributed by atoms with Crippen LogP contribution in [0.3, 0.4) is 0 Å². The van der Waals surface area contributed by atoms with Gasteiger partial charge in [-0.2, -0.15) is 0 Å². The molecule has 0 aliphatic rings. The molecule has 0 spiro atoms. The van der Waals surface area contributed by atoms with Crippen LogP contribution in [-0.2, 0) is 65.4 Å². The second-order valence-corrected chi connectivity index (χ2v) is 28.5. The first kappa shape index (κ1) is 86.5. The van der Waals surface area contributed by atoms with Crippen LogP contribution in [0.4, 0.5) is 0 Å². The van der Waals surface area contributed by atoms with E-state index in [1.807, 2.05) is 0 Å². The van der Waals surface area contributed by atoms with Gasteiger partial charge in [0.15, 0.2) is 12.2 Å². The fourth-order valence-electron chi connectivity index (χ4n) is 9.94. The Morgan fingerprint density at radius 1 is 0.371 bits per heavy atom. The van der Waals surface area contributed by atoms with Gasteiger partial charge in [0.05, 0.1) is 26.4 Å². The van der Waals surface area contributed by atoms with Crippen LogP contribution in [0.5, 0.6) is 0 Å². The number of esters is 4. The molecular formula is C70H132O17P2. The quantitative estimate of drug-likeness (QED) is 0.0169. The number of unbranched alkanes of at least 4 members (excludes halogenated alkanes) is 29. The number of aliphatic hydroxyl groups excluding tert-OH is 1. The van der Waals surface area contributed by atoms with E-state index in [0.29, 0.717) is 25.7 Å². The molecule has 17 nitrogen and oxygen atoms in total. The maximum atomic E-state index is 13.0. The number of hydrogen-bond donors (Lipinski definition) is 3. The average molecular weight is 1310 g/mol. The van der Waals surface area contributed by atoms with Crippen molar-refractivity contribution >= 4 is 39.5 Å². The fourth-order valence-corrected chi connectivity index (χ4v) is 11.5. The summed E-state index contributed by atoms with van der Waals surface area (Å²) < 4.78 is 68.2. The Hall–Kier alpha value is -2.46. The van der Waals surface area contributed by atoms with Gasteiger partial charge < -0.3 is 33.8 Å². The molecular weight excluding hydrogens is 1170 g/mol. The molecule has 0 aromatic carbocycles. The summed E-state index contributed by atoms with van der Waals surface area (Å²) in [5, 5.41) is 10.6. The van der Waals surface area contributed by atoms with Crippen molar-refractivity contribution in [2.45, 2.75) is 343 Å². The number of carbonyl (C=O) groups is 4. The highest BCUT2D eigenvalue weighted by atomic mass is 31.2. The van der Waals surface area contributed by atoms with E-state index in [4.69, 9.17) is 37.0 Å². The lowest BCUT2D eigenvalue weighted by molar-refractivity contribution is -0.161. The molecule has 89 heavy (non-hydrogen) atoms. The topological polar surface area (TPSA) is 237 Å². The number of hydrogen-bond acceptors (Lipinski definition) is 15. The highest BCUT2D eigenvalue weighted by Gasteiger charge is 2.30. The van der Waals surface area contributed by atoms with Gasteiger partial charge in [0.1, 0.15) is 19.3 Å². The SMILES string of the molecule is CCCCCC/C=C\C=C/CCCCCCCC(=O)OC[C@H](COP(=O)(O)OC[C@@H](O)COP(=O)(O)OC[C@@H](COC(=O)CCCCCCCCC(C)CC)OC(=O)CCCCCCCCC(C)CC)OC(=O)CCCCCCCCCCCCCC(C)C. The number of phosphoric ester groups is 2. The predicted octanol–water partition coefficient (Wildman–Crippen LogP) is 19.4. The Balaban J connectivity index is 5.29. The molecule has 0 saturated heterocycles. The number of phosphoric acid groups is 2. The number of allylic oxidation sites excluding steroid dienone is 4. The van der Waals surface area contributed by atoms with Gasteiger partial charge in [0, 0.05) is 25.7 Å². The van der Waals surface area contributed by atoms with Gasteiger partial charge in [-0.1, -0.05) is 272 Å². The second-order valence-electron chi connectivity index (χ2n) is 25.5. The maximum Gasteiger partial charge on any atom is 0.472 e. The van der Waals surface area contributed by atoms with Crippen molar-refractivity contribution in [1.29, 1.82) is 0 Å². The van der Waals surface area contributed by atoms with Crippen LogP contribution in [0.15, 0.2) is 24.3 Å². The van der Waals surface area contributed by atoms with E-state index in [0.717, 1.165) is 133 Å². The third kappa shape index (κ3) is 61.5. The molecule has 0 heterocycles. The molecule has 0 aliphatic carbocycles. The normalized spacial score (nSPS) is 15.0. The number of aliphatic hydroxyl groups is 1. The predicted molar refractivity (Wildman–Crippen MR) is 358 cm³/mol. The molecule has 0 fully saturated rings. The van der Waals surface area contributed by atoms with Gasteiger partial charge in [-0.25, -0.2) is 9.13 Å². The first-order valence-corrected chi connectivity index (χ1v) is 38.7. The lowest BCUT2D eigenvalue weighted by Gasteiger charge is -2.21. The smallest absolute Gasteiger partial charge is 0.462 e. The molecule has 0 aliphatic heterocycles. The van der Waals surface area contributed by atoms with Crippen molar-refractivity contribution in [1.82, 2.24) is 0 Å². The first-order valence-electron chi connectivity index (χ1n) is 35.7. The van der Waals surface area contributed by atoms with Crippen LogP contribution < -0.4 is 0 Å². The molecule has 0 rings (SSSR count). The van der Waals surface area contributed by atoms with E-state index >= 15 is 0 Å². The minimum atomic E-state index is -4.96. The van der Waals surface area contributed by atoms with E-state index in [1.165, 1.54) is 109 Å². The fraction of sp³-hybridized carbons (Fsp3) is 0.886. The van der Waals surface area contributed by atoms with Gasteiger partial charge >= 0.3 is 39.5 Å². The van der Waals surface area contributed by atoms with Crippen LogP contribution >= 0.6 is 15.6 Å². The van der Waals surface area contributed by atoms with Gasteiger partial charge in [0.2, 0.25) is 0 Å². The molecule has 0 saturated carbocycles. The number of rotatable bonds is 66. The average Bonchev–Trinajstić information content (AvgIpc) is 3.70. The van der Waals surface area contributed by atoms with Gasteiger partial charge in [0.25, 0.3) is 0 Å². The summed E-state index contributed by atoms with van der Waals surface area (Å²) in [7, 11) is -9.91. The van der Waals surface area contributed by atoms with Crippen LogP contribution in [-0.4, -0.2) is 96.7 Å². The van der Waals surface area contributed by atoms with Gasteiger partial charge in [-0.05, 0) is 69.1 Å². The Morgan fingerprint density at radius 3 is 1.00 bits per heavy atom. The molecule has 7 atom stereocenters. The van der Waals surface area contributed by atoms with Crippen molar-refractivity contribution in [2.24, 2.45) is 17.8 Å². The van der Waals surface area contributed by atoms with Crippen LogP contribution in [0.1, 0.15) is 325 Å². The van der Waals surface area contributed by atoms with E-state index in [1.54, 1.807) is 0 Å². The molecule has 0 bridgehead atoms. The van der Waals surface area contributed by atoms with E-state index in [-0.39, 0.29) is 25.7 Å². The van der Waals surface area contributed by atoms with Crippen LogP contribution in [0, 0.1) is 17.8 Å². The highest BCUT2D eigenvalue weighted by molar-refractivity contribution is 7.47. The Kier molecular flexibility index (Phi) is 58.8. The molecule has 0 amide bonds. The molecule has 3 N–H and O–H groups in total. The number of carbonyl (C=O) groups excluding carboxylic acids is 4. The van der Waals surface area contributed by atoms with Crippen molar-refractivity contribution in [3.8, 4) is 0 Å². The van der Waals surface area contributed by atoms with Crippen molar-refractivity contribution < 1.29 is 80.2 Å². The lowest BCUT2D eigenvalue weighted by atomic mass is 10.00. The molecule has 524 valence electrons. The van der Waals surface area contributed by atoms with Crippen molar-refractivity contribution in [3.05, 3.63) is 24.3 Å². The van der Waals surface area contributed by atoms with E-state index in [9.17, 15) is 43.2 Å². The molecule has 4 unspecified atom stereocenters. The van der Waals surface area contributed by atoms with E-state index < -0.39 is 97.5 Å². The Morgan fingerprint density at radius 2 is 0.663 bits per heavy atom. The summed E-state index contributed by atoms with van der Waals surface area (Å²) in [5.41, 5.74) is 0. The van der Waals surface area contributed by atoms with E-state index in [2.05, 4.69) is 72.8 Å². The first-order chi connectivity index (χ1) is 42.8. The third-order valence-electron chi connectivity index (χ3n) is 16.2. The summed E-state index contributed by atoms with van der Waals surface area (Å²) in [6.07, 6.45) is 46.7. The summed E-state index contributed by atoms with van der Waals surface area (Å²) in [6.45, 7) is 11.7. The highest BCUT2D eigenvalue weighted by Crippen LogP contribution is 2.45. The Bertz CT molecular complexity index is 1850. The molecule has 19 heteroatoms. The van der Waals surface area contributed by atoms with Crippen LogP contribution in [0.25, 0.3) is 0 Å². The zero-order chi connectivity index (χ0) is 65.9. The largest absolute Gasteiger partial charge is 0.472 e. The molecule has 0 aromatic rings. The molecule has 0 aromatic heterocycles. The van der Waals surface area contributed by atoms with Crippen molar-refractivity contribution in [3.63, 3.8) is 0 Å². The van der Waals surface area contributed by atoms with Crippen molar-refractivity contribution in [2.75, 3.05) is 39.6 Å². The monoisotopic (exact) mass is 1310 g/mol. The zero-order valence-corrected chi connectivity index (χ0v) is 59.2. The van der Waals surface area contributed by atoms with Gasteiger partial charge in [-0.3, -0.25) is 37.3 Å². The number of ether oxygens (including phenoxy) is 4. The third-order valence-corrected chi connectivity index (χ3v) is 18.1. The van der Waals surface area contributed by atoms with Crippen LogP contribution in [0.2, 0.25) is 0 Å². The Labute approximate surface area is 542 Å². The minimum absolute atomic E-state index is 0.0989. The summed E-state index contributed by atoms with van der Waals surface area (Å²) in [4.78, 5) is 72.5. The second kappa shape index (κ2) is 60.5. The summed E-state index contributed by atoms with van der Waals surface area (Å²) in [6, 6.07) is 0. The maximum absolute atomic E-state index is 13.0. The zero-order valence-electron chi connectivity index (χ0n) is 57.4.